The van der Waals surface area contributed by atoms with Crippen molar-refractivity contribution in [2.45, 2.75) is 45.1 Å². The van der Waals surface area contributed by atoms with E-state index in [0.29, 0.717) is 31.8 Å². The molecule has 2 atom stereocenters. The van der Waals surface area contributed by atoms with Gasteiger partial charge in [0.05, 0.1) is 0 Å². The lowest BCUT2D eigenvalue weighted by molar-refractivity contribution is -0.130. The number of guanidine groups is 1. The SMILES string of the molecule is CCC1(C)NC(=O)N(CCCNC(=NC)NCC(C)c2ccsc2)C1=O.I. The van der Waals surface area contributed by atoms with Gasteiger partial charge in [0.15, 0.2) is 5.96 Å². The summed E-state index contributed by atoms with van der Waals surface area (Å²) in [5.74, 6) is 0.984. The van der Waals surface area contributed by atoms with Gasteiger partial charge in [0, 0.05) is 26.7 Å². The van der Waals surface area contributed by atoms with Crippen molar-refractivity contribution < 1.29 is 9.59 Å². The minimum absolute atomic E-state index is 0. The van der Waals surface area contributed by atoms with Gasteiger partial charge in [0.25, 0.3) is 5.91 Å². The van der Waals surface area contributed by atoms with Crippen LogP contribution in [0.4, 0.5) is 4.79 Å². The molecule has 2 unspecified atom stereocenters. The average molecular weight is 507 g/mol. The Morgan fingerprint density at radius 1 is 1.41 bits per heavy atom. The van der Waals surface area contributed by atoms with Gasteiger partial charge in [0.1, 0.15) is 5.54 Å². The standard InChI is InChI=1S/C18H29N5O2S.HI/c1-5-18(3)15(24)23(17(25)22-18)9-6-8-20-16(19-4)21-11-13(2)14-7-10-26-12-14;/h7,10,12-13H,5-6,8-9,11H2,1-4H3,(H,22,25)(H2,19,20,21);1H. The van der Waals surface area contributed by atoms with Crippen LogP contribution in [0.3, 0.4) is 0 Å². The number of amides is 3. The van der Waals surface area contributed by atoms with Crippen LogP contribution < -0.4 is 16.0 Å². The van der Waals surface area contributed by atoms with Crippen LogP contribution in [0.5, 0.6) is 0 Å². The summed E-state index contributed by atoms with van der Waals surface area (Å²) in [4.78, 5) is 29.8. The lowest BCUT2D eigenvalue weighted by Gasteiger charge is -2.19. The first-order valence-electron chi connectivity index (χ1n) is 9.02. The molecule has 0 spiro atoms. The lowest BCUT2D eigenvalue weighted by atomic mass is 9.99. The lowest BCUT2D eigenvalue weighted by Crippen LogP contribution is -2.43. The van der Waals surface area contributed by atoms with Crippen molar-refractivity contribution in [3.8, 4) is 0 Å². The number of thiophene rings is 1. The minimum Gasteiger partial charge on any atom is -0.356 e. The molecule has 2 heterocycles. The molecule has 0 aromatic carbocycles. The summed E-state index contributed by atoms with van der Waals surface area (Å²) in [5.41, 5.74) is 0.551. The van der Waals surface area contributed by atoms with Crippen LogP contribution in [-0.2, 0) is 4.79 Å². The number of nitrogens with zero attached hydrogens (tertiary/aromatic N) is 2. The van der Waals surface area contributed by atoms with Gasteiger partial charge in [-0.15, -0.1) is 24.0 Å². The number of urea groups is 1. The molecule has 1 saturated heterocycles. The van der Waals surface area contributed by atoms with Crippen LogP contribution in [0, 0.1) is 0 Å². The molecular weight excluding hydrogens is 477 g/mol. The number of rotatable bonds is 8. The number of hydrogen-bond acceptors (Lipinski definition) is 4. The van der Waals surface area contributed by atoms with Crippen molar-refractivity contribution in [2.24, 2.45) is 4.99 Å². The monoisotopic (exact) mass is 507 g/mol. The number of nitrogens with one attached hydrogen (secondary N) is 3. The molecule has 1 aromatic heterocycles. The average Bonchev–Trinajstić information content (AvgIpc) is 3.24. The van der Waals surface area contributed by atoms with Crippen molar-refractivity contribution in [1.82, 2.24) is 20.9 Å². The van der Waals surface area contributed by atoms with E-state index in [1.165, 1.54) is 10.5 Å². The van der Waals surface area contributed by atoms with Gasteiger partial charge in [-0.1, -0.05) is 13.8 Å². The predicted molar refractivity (Wildman–Crippen MR) is 121 cm³/mol. The third-order valence-electron chi connectivity index (χ3n) is 4.81. The Hall–Kier alpha value is -1.36. The topological polar surface area (TPSA) is 85.8 Å². The molecule has 0 saturated carbocycles. The smallest absolute Gasteiger partial charge is 0.325 e. The summed E-state index contributed by atoms with van der Waals surface area (Å²) in [6.45, 7) is 7.66. The second kappa shape index (κ2) is 10.8. The third-order valence-corrected chi connectivity index (χ3v) is 5.52. The van der Waals surface area contributed by atoms with Crippen LogP contribution in [0.1, 0.15) is 45.1 Å². The zero-order chi connectivity index (χ0) is 19.2. The molecule has 3 N–H and O–H groups in total. The van der Waals surface area contributed by atoms with Crippen LogP contribution in [0.2, 0.25) is 0 Å². The van der Waals surface area contributed by atoms with E-state index in [1.54, 1.807) is 25.3 Å². The predicted octanol–water partition coefficient (Wildman–Crippen LogP) is 2.75. The maximum atomic E-state index is 12.3. The van der Waals surface area contributed by atoms with E-state index in [0.717, 1.165) is 12.5 Å². The van der Waals surface area contributed by atoms with Gasteiger partial charge in [-0.05, 0) is 48.1 Å². The molecule has 2 rings (SSSR count). The number of hydrogen-bond donors (Lipinski definition) is 3. The van der Waals surface area contributed by atoms with Crippen LogP contribution >= 0.6 is 35.3 Å². The Labute approximate surface area is 182 Å². The fraction of sp³-hybridized carbons (Fsp3) is 0.611. The number of carbonyl (C=O) groups excluding carboxylic acids is 2. The molecule has 7 nitrogen and oxygen atoms in total. The fourth-order valence-electron chi connectivity index (χ4n) is 2.78. The first-order chi connectivity index (χ1) is 12.4. The van der Waals surface area contributed by atoms with E-state index in [2.05, 4.69) is 44.7 Å². The van der Waals surface area contributed by atoms with Crippen molar-refractivity contribution >= 4 is 53.2 Å². The highest BCUT2D eigenvalue weighted by molar-refractivity contribution is 14.0. The van der Waals surface area contributed by atoms with E-state index in [-0.39, 0.29) is 35.9 Å². The van der Waals surface area contributed by atoms with Gasteiger partial charge in [0.2, 0.25) is 0 Å². The first-order valence-corrected chi connectivity index (χ1v) is 9.96. The highest BCUT2D eigenvalue weighted by Crippen LogP contribution is 2.20. The summed E-state index contributed by atoms with van der Waals surface area (Å²) in [5, 5.41) is 13.5. The minimum atomic E-state index is -0.764. The molecular formula is C18H30IN5O2S. The summed E-state index contributed by atoms with van der Waals surface area (Å²) in [6.07, 6.45) is 1.25. The Balaban J connectivity index is 0.00000364. The number of halogens is 1. The van der Waals surface area contributed by atoms with Crippen LogP contribution in [-0.4, -0.2) is 55.0 Å². The van der Waals surface area contributed by atoms with Crippen molar-refractivity contribution in [1.29, 1.82) is 0 Å². The molecule has 9 heteroatoms. The second-order valence-corrected chi connectivity index (χ2v) is 7.54. The van der Waals surface area contributed by atoms with Gasteiger partial charge in [-0.3, -0.25) is 14.7 Å². The largest absolute Gasteiger partial charge is 0.356 e. The summed E-state index contributed by atoms with van der Waals surface area (Å²) in [7, 11) is 1.73. The van der Waals surface area contributed by atoms with Crippen LogP contribution in [0.15, 0.2) is 21.8 Å². The summed E-state index contributed by atoms with van der Waals surface area (Å²) >= 11 is 1.70. The van der Waals surface area contributed by atoms with E-state index in [9.17, 15) is 9.59 Å². The maximum Gasteiger partial charge on any atom is 0.325 e. The van der Waals surface area contributed by atoms with Crippen molar-refractivity contribution in [3.63, 3.8) is 0 Å². The number of imide groups is 1. The Morgan fingerprint density at radius 3 is 2.70 bits per heavy atom. The van der Waals surface area contributed by atoms with Gasteiger partial charge in [-0.2, -0.15) is 11.3 Å². The van der Waals surface area contributed by atoms with E-state index in [4.69, 9.17) is 0 Å². The quantitative estimate of drug-likeness (QED) is 0.166. The third kappa shape index (κ3) is 6.06. The Morgan fingerprint density at radius 2 is 2.15 bits per heavy atom. The molecule has 1 aliphatic heterocycles. The normalized spacial score (nSPS) is 20.9. The molecule has 0 aliphatic carbocycles. The number of carbonyl (C=O) groups is 2. The summed E-state index contributed by atoms with van der Waals surface area (Å²) < 4.78 is 0. The maximum absolute atomic E-state index is 12.3. The molecule has 0 bridgehead atoms. The van der Waals surface area contributed by atoms with Gasteiger partial charge >= 0.3 is 6.03 Å². The highest BCUT2D eigenvalue weighted by atomic mass is 127. The highest BCUT2D eigenvalue weighted by Gasteiger charge is 2.45. The Kier molecular flexibility index (Phi) is 9.51. The zero-order valence-electron chi connectivity index (χ0n) is 16.4. The zero-order valence-corrected chi connectivity index (χ0v) is 19.5. The summed E-state index contributed by atoms with van der Waals surface area (Å²) in [6, 6.07) is 1.83. The molecule has 152 valence electrons. The molecule has 1 aromatic rings. The van der Waals surface area contributed by atoms with E-state index >= 15 is 0 Å². The molecule has 27 heavy (non-hydrogen) atoms. The van der Waals surface area contributed by atoms with Crippen molar-refractivity contribution in [2.75, 3.05) is 26.7 Å². The van der Waals surface area contributed by atoms with Crippen molar-refractivity contribution in [3.05, 3.63) is 22.4 Å². The molecule has 3 amide bonds. The van der Waals surface area contributed by atoms with E-state index < -0.39 is 5.54 Å². The van der Waals surface area contributed by atoms with Crippen LogP contribution in [0.25, 0.3) is 0 Å². The second-order valence-electron chi connectivity index (χ2n) is 6.76. The number of aliphatic imine (C=N–C) groups is 1. The first kappa shape index (κ1) is 23.7. The molecule has 1 aliphatic rings. The van der Waals surface area contributed by atoms with Gasteiger partial charge in [-0.25, -0.2) is 4.79 Å². The molecule has 0 radical (unpaired) electrons. The molecule has 1 fully saturated rings. The Bertz CT molecular complexity index is 652. The van der Waals surface area contributed by atoms with Gasteiger partial charge < -0.3 is 16.0 Å². The van der Waals surface area contributed by atoms with E-state index in [1.807, 2.05) is 6.92 Å². The fourth-order valence-corrected chi connectivity index (χ4v) is 3.56.